The highest BCUT2D eigenvalue weighted by molar-refractivity contribution is 8.02. The Morgan fingerprint density at radius 2 is 1.93 bits per heavy atom. The van der Waals surface area contributed by atoms with Crippen LogP contribution in [0.15, 0.2) is 11.6 Å². The van der Waals surface area contributed by atoms with Gasteiger partial charge >= 0.3 is 11.9 Å². The number of carboxylic acids is 1. The predicted octanol–water partition coefficient (Wildman–Crippen LogP) is 3.99. The predicted molar refractivity (Wildman–Crippen MR) is 110 cm³/mol. The summed E-state index contributed by atoms with van der Waals surface area (Å²) >= 11 is 1.43. The van der Waals surface area contributed by atoms with Gasteiger partial charge in [-0.15, -0.1) is 11.8 Å². The fraction of sp³-hybridized carbons (Fsp3) is 0.762. The van der Waals surface area contributed by atoms with Crippen LogP contribution in [0.4, 0.5) is 0 Å². The number of allylic oxidation sites excluding steroid dienone is 2. The number of hydrogen-bond donors (Lipinski definition) is 1. The van der Waals surface area contributed by atoms with E-state index in [1.165, 1.54) is 17.3 Å². The Labute approximate surface area is 172 Å². The minimum absolute atomic E-state index is 0.121. The molecule has 1 aliphatic carbocycles. The summed E-state index contributed by atoms with van der Waals surface area (Å²) in [4.78, 5) is 37.6. The fourth-order valence-corrected chi connectivity index (χ4v) is 5.43. The van der Waals surface area contributed by atoms with Gasteiger partial charge in [-0.3, -0.25) is 14.4 Å². The molecule has 2 rings (SSSR count). The number of aliphatic carboxylic acids is 1. The molecule has 1 saturated carbocycles. The van der Waals surface area contributed by atoms with Gasteiger partial charge in [0.1, 0.15) is 12.1 Å². The Morgan fingerprint density at radius 1 is 1.32 bits per heavy atom. The number of amides is 1. The number of nitrogens with zero attached hydrogens (tertiary/aromatic N) is 1. The molecule has 1 heterocycles. The summed E-state index contributed by atoms with van der Waals surface area (Å²) in [5.41, 5.74) is 0.770. The molecule has 2 aliphatic rings. The molecule has 0 bridgehead atoms. The standard InChI is InChI=1S/C21H33NO5S/c1-14(2)6-7-15-8-10-21(11-9-15)22(13-18(25)27-20(3,4)5)19(26)16(28-21)12-17(23)24/h7,14,16H,6,8-13H2,1-5H3,(H,23,24). The van der Waals surface area contributed by atoms with Crippen molar-refractivity contribution < 1.29 is 24.2 Å². The molecule has 1 amide bonds. The zero-order valence-corrected chi connectivity index (χ0v) is 18.4. The molecule has 1 N–H and O–H groups in total. The van der Waals surface area contributed by atoms with Gasteiger partial charge in [0, 0.05) is 0 Å². The van der Waals surface area contributed by atoms with Gasteiger partial charge in [-0.1, -0.05) is 25.5 Å². The van der Waals surface area contributed by atoms with Gasteiger partial charge in [0.15, 0.2) is 0 Å². The lowest BCUT2D eigenvalue weighted by Crippen LogP contribution is -2.49. The Morgan fingerprint density at radius 3 is 2.43 bits per heavy atom. The molecule has 28 heavy (non-hydrogen) atoms. The molecule has 1 unspecified atom stereocenters. The highest BCUT2D eigenvalue weighted by Gasteiger charge is 2.53. The Hall–Kier alpha value is -1.50. The first kappa shape index (κ1) is 22.8. The van der Waals surface area contributed by atoms with Crippen molar-refractivity contribution in [3.8, 4) is 0 Å². The van der Waals surface area contributed by atoms with Crippen LogP contribution in [0, 0.1) is 5.92 Å². The molecule has 0 aromatic heterocycles. The second-order valence-corrected chi connectivity index (χ2v) is 10.7. The molecule has 0 aromatic carbocycles. The van der Waals surface area contributed by atoms with E-state index in [-0.39, 0.29) is 18.9 Å². The maximum Gasteiger partial charge on any atom is 0.326 e. The molecular weight excluding hydrogens is 378 g/mol. The largest absolute Gasteiger partial charge is 0.481 e. The van der Waals surface area contributed by atoms with E-state index >= 15 is 0 Å². The van der Waals surface area contributed by atoms with Gasteiger partial charge in [-0.25, -0.2) is 0 Å². The van der Waals surface area contributed by atoms with Crippen molar-refractivity contribution in [3.05, 3.63) is 11.6 Å². The molecule has 7 heteroatoms. The molecular formula is C21H33NO5S. The van der Waals surface area contributed by atoms with Crippen LogP contribution in [0.5, 0.6) is 0 Å². The van der Waals surface area contributed by atoms with Gasteiger partial charge in [0.25, 0.3) is 0 Å². The van der Waals surface area contributed by atoms with Gasteiger partial charge in [0.05, 0.1) is 16.5 Å². The third-order valence-electron chi connectivity index (χ3n) is 5.01. The van der Waals surface area contributed by atoms with Crippen molar-refractivity contribution in [2.75, 3.05) is 6.54 Å². The molecule has 1 aliphatic heterocycles. The van der Waals surface area contributed by atoms with Crippen LogP contribution in [0.1, 0.15) is 73.1 Å². The van der Waals surface area contributed by atoms with Crippen LogP contribution < -0.4 is 0 Å². The van der Waals surface area contributed by atoms with Crippen LogP contribution in [0.2, 0.25) is 0 Å². The average molecular weight is 412 g/mol. The highest BCUT2D eigenvalue weighted by Crippen LogP contribution is 2.52. The topological polar surface area (TPSA) is 83.9 Å². The molecule has 158 valence electrons. The first-order chi connectivity index (χ1) is 12.9. The first-order valence-electron chi connectivity index (χ1n) is 10.0. The van der Waals surface area contributed by atoms with Crippen LogP contribution in [-0.2, 0) is 19.1 Å². The molecule has 0 radical (unpaired) electrons. The third kappa shape index (κ3) is 6.00. The van der Waals surface area contributed by atoms with E-state index in [1.807, 2.05) is 0 Å². The summed E-state index contributed by atoms with van der Waals surface area (Å²) in [7, 11) is 0. The number of ether oxygens (including phenoxy) is 1. The molecule has 1 spiro atoms. The van der Waals surface area contributed by atoms with E-state index in [1.54, 1.807) is 25.7 Å². The monoisotopic (exact) mass is 411 g/mol. The second-order valence-electron chi connectivity index (χ2n) is 9.15. The van der Waals surface area contributed by atoms with Crippen molar-refractivity contribution in [2.45, 2.75) is 88.9 Å². The van der Waals surface area contributed by atoms with Crippen LogP contribution >= 0.6 is 11.8 Å². The number of carbonyl (C=O) groups is 3. The zero-order chi connectivity index (χ0) is 21.1. The summed E-state index contributed by atoms with van der Waals surface area (Å²) in [5.74, 6) is -1.09. The number of carbonyl (C=O) groups excluding carboxylic acids is 2. The van der Waals surface area contributed by atoms with Gasteiger partial charge < -0.3 is 14.7 Å². The summed E-state index contributed by atoms with van der Waals surface area (Å²) in [6.45, 7) is 9.63. The van der Waals surface area contributed by atoms with Crippen molar-refractivity contribution in [1.82, 2.24) is 4.90 Å². The van der Waals surface area contributed by atoms with E-state index in [2.05, 4.69) is 19.9 Å². The first-order valence-corrected chi connectivity index (χ1v) is 10.9. The van der Waals surface area contributed by atoms with E-state index in [0.717, 1.165) is 32.1 Å². The van der Waals surface area contributed by atoms with Gasteiger partial charge in [-0.05, 0) is 58.8 Å². The van der Waals surface area contributed by atoms with E-state index in [0.29, 0.717) is 5.92 Å². The maximum atomic E-state index is 12.9. The smallest absolute Gasteiger partial charge is 0.326 e. The Kier molecular flexibility index (Phi) is 7.23. The summed E-state index contributed by atoms with van der Waals surface area (Å²) in [6, 6.07) is 0. The maximum absolute atomic E-state index is 12.9. The zero-order valence-electron chi connectivity index (χ0n) is 17.6. The molecule has 0 aromatic rings. The minimum atomic E-state index is -0.992. The number of carboxylic acid groups (broad SMARTS) is 1. The Bertz CT molecular complexity index is 640. The highest BCUT2D eigenvalue weighted by atomic mass is 32.2. The molecule has 6 nitrogen and oxygen atoms in total. The van der Waals surface area contributed by atoms with Gasteiger partial charge in [-0.2, -0.15) is 0 Å². The van der Waals surface area contributed by atoms with Crippen molar-refractivity contribution in [2.24, 2.45) is 5.92 Å². The van der Waals surface area contributed by atoms with Gasteiger partial charge in [0.2, 0.25) is 5.91 Å². The second kappa shape index (κ2) is 8.89. The van der Waals surface area contributed by atoms with E-state index in [4.69, 9.17) is 4.74 Å². The third-order valence-corrected chi connectivity index (χ3v) is 6.73. The normalized spacial score (nSPS) is 25.5. The molecule has 2 fully saturated rings. The van der Waals surface area contributed by atoms with Crippen molar-refractivity contribution in [3.63, 3.8) is 0 Å². The quantitative estimate of drug-likeness (QED) is 0.525. The van der Waals surface area contributed by atoms with Crippen LogP contribution in [-0.4, -0.2) is 50.1 Å². The van der Waals surface area contributed by atoms with E-state index in [9.17, 15) is 19.5 Å². The SMILES string of the molecule is CC(C)CC=C1CCC2(CC1)SC(CC(=O)O)C(=O)N2CC(=O)OC(C)(C)C. The average Bonchev–Trinajstić information content (AvgIpc) is 2.77. The minimum Gasteiger partial charge on any atom is -0.481 e. The lowest BCUT2D eigenvalue weighted by Gasteiger charge is -2.41. The van der Waals surface area contributed by atoms with Crippen LogP contribution in [0.3, 0.4) is 0 Å². The van der Waals surface area contributed by atoms with Crippen LogP contribution in [0.25, 0.3) is 0 Å². The lowest BCUT2D eigenvalue weighted by molar-refractivity contribution is -0.160. The number of esters is 1. The van der Waals surface area contributed by atoms with E-state index < -0.39 is 27.7 Å². The van der Waals surface area contributed by atoms with Crippen molar-refractivity contribution >= 4 is 29.6 Å². The molecule has 1 atom stereocenters. The molecule has 1 saturated heterocycles. The summed E-state index contributed by atoms with van der Waals surface area (Å²) in [5, 5.41) is 8.54. The van der Waals surface area contributed by atoms with Crippen molar-refractivity contribution in [1.29, 1.82) is 0 Å². The summed E-state index contributed by atoms with van der Waals surface area (Å²) < 4.78 is 5.41. The summed E-state index contributed by atoms with van der Waals surface area (Å²) in [6.07, 6.45) is 6.35. The Balaban J connectivity index is 2.16. The number of hydrogen-bond acceptors (Lipinski definition) is 5. The number of thioether (sulfide) groups is 1. The fourth-order valence-electron chi connectivity index (χ4n) is 3.72. The lowest BCUT2D eigenvalue weighted by atomic mass is 9.88. The number of rotatable bonds is 6.